The molecule has 32 heavy (non-hydrogen) atoms. The summed E-state index contributed by atoms with van der Waals surface area (Å²) in [5.74, 6) is -0.977. The average molecular weight is 448 g/mol. The highest BCUT2D eigenvalue weighted by atomic mass is 32.1. The van der Waals surface area contributed by atoms with Crippen molar-refractivity contribution in [2.24, 2.45) is 5.73 Å². The van der Waals surface area contributed by atoms with Crippen LogP contribution in [0.25, 0.3) is 21.5 Å². The number of aryl methyl sites for hydroxylation is 2. The number of anilines is 1. The van der Waals surface area contributed by atoms with Crippen LogP contribution in [0.2, 0.25) is 0 Å². The minimum absolute atomic E-state index is 0.275. The Labute approximate surface area is 187 Å². The maximum absolute atomic E-state index is 12.9. The van der Waals surface area contributed by atoms with Crippen LogP contribution in [-0.4, -0.2) is 26.6 Å². The Kier molecular flexibility index (Phi) is 5.83. The second-order valence-electron chi connectivity index (χ2n) is 7.26. The average Bonchev–Trinajstić information content (AvgIpc) is 3.18. The molecule has 0 saturated carbocycles. The molecule has 0 spiro atoms. The van der Waals surface area contributed by atoms with Gasteiger partial charge in [0, 0.05) is 16.8 Å². The van der Waals surface area contributed by atoms with Gasteiger partial charge in [-0.05, 0) is 43.2 Å². The summed E-state index contributed by atoms with van der Waals surface area (Å²) in [6.45, 7) is 3.64. The van der Waals surface area contributed by atoms with Crippen LogP contribution in [0.4, 0.5) is 5.69 Å². The van der Waals surface area contributed by atoms with Gasteiger partial charge >= 0.3 is 0 Å². The third-order valence-electron chi connectivity index (χ3n) is 4.99. The van der Waals surface area contributed by atoms with Crippen molar-refractivity contribution in [3.63, 3.8) is 0 Å². The SMILES string of the molecule is CCc1ccc(-c2nn(CC(=O)Nc3ccc(C(N)=O)cc3)c(=O)c3nc(C)sc23)cc1. The maximum atomic E-state index is 12.9. The summed E-state index contributed by atoms with van der Waals surface area (Å²) in [5, 5.41) is 7.97. The van der Waals surface area contributed by atoms with E-state index < -0.39 is 17.4 Å². The summed E-state index contributed by atoms with van der Waals surface area (Å²) in [5.41, 5.74) is 8.60. The Morgan fingerprint density at radius 3 is 2.41 bits per heavy atom. The van der Waals surface area contributed by atoms with Gasteiger partial charge in [0.2, 0.25) is 11.8 Å². The number of fused-ring (bicyclic) bond motifs is 1. The molecule has 0 aliphatic heterocycles. The number of nitrogens with one attached hydrogen (secondary N) is 1. The first kappa shape index (κ1) is 21.4. The number of primary amides is 1. The smallest absolute Gasteiger partial charge is 0.294 e. The zero-order valence-corrected chi connectivity index (χ0v) is 18.4. The number of aromatic nitrogens is 3. The van der Waals surface area contributed by atoms with Gasteiger partial charge in [-0.1, -0.05) is 31.2 Å². The van der Waals surface area contributed by atoms with Crippen molar-refractivity contribution in [2.75, 3.05) is 5.32 Å². The number of carbonyl (C=O) groups excluding carboxylic acids is 2. The van der Waals surface area contributed by atoms with Crippen molar-refractivity contribution in [3.8, 4) is 11.3 Å². The predicted molar refractivity (Wildman–Crippen MR) is 125 cm³/mol. The fraction of sp³-hybridized carbons (Fsp3) is 0.174. The highest BCUT2D eigenvalue weighted by molar-refractivity contribution is 7.19. The van der Waals surface area contributed by atoms with Gasteiger partial charge in [-0.2, -0.15) is 5.10 Å². The molecule has 2 heterocycles. The lowest BCUT2D eigenvalue weighted by Crippen LogP contribution is -2.30. The van der Waals surface area contributed by atoms with Crippen LogP contribution >= 0.6 is 11.3 Å². The molecule has 4 aromatic rings. The summed E-state index contributed by atoms with van der Waals surface area (Å²) in [6.07, 6.45) is 0.920. The molecule has 0 fully saturated rings. The quantitative estimate of drug-likeness (QED) is 0.471. The summed E-state index contributed by atoms with van der Waals surface area (Å²) < 4.78 is 1.84. The van der Waals surface area contributed by atoms with E-state index in [4.69, 9.17) is 5.73 Å². The third-order valence-corrected chi connectivity index (χ3v) is 5.97. The number of nitrogens with zero attached hydrogens (tertiary/aromatic N) is 3. The van der Waals surface area contributed by atoms with Gasteiger partial charge in [-0.15, -0.1) is 11.3 Å². The van der Waals surface area contributed by atoms with Crippen LogP contribution in [-0.2, 0) is 17.8 Å². The number of nitrogens with two attached hydrogens (primary N) is 1. The van der Waals surface area contributed by atoms with E-state index in [2.05, 4.69) is 22.3 Å². The van der Waals surface area contributed by atoms with Crippen molar-refractivity contribution < 1.29 is 9.59 Å². The maximum Gasteiger partial charge on any atom is 0.294 e. The van der Waals surface area contributed by atoms with Crippen molar-refractivity contribution in [2.45, 2.75) is 26.8 Å². The minimum Gasteiger partial charge on any atom is -0.366 e. The molecule has 0 atom stereocenters. The van der Waals surface area contributed by atoms with E-state index in [9.17, 15) is 14.4 Å². The molecule has 162 valence electrons. The molecule has 3 N–H and O–H groups in total. The molecule has 0 unspecified atom stereocenters. The molecule has 2 amide bonds. The monoisotopic (exact) mass is 447 g/mol. The van der Waals surface area contributed by atoms with Crippen molar-refractivity contribution >= 4 is 39.1 Å². The lowest BCUT2D eigenvalue weighted by Gasteiger charge is -2.10. The van der Waals surface area contributed by atoms with E-state index in [-0.39, 0.29) is 6.54 Å². The number of carbonyl (C=O) groups is 2. The van der Waals surface area contributed by atoms with Crippen molar-refractivity contribution in [1.29, 1.82) is 0 Å². The van der Waals surface area contributed by atoms with Gasteiger partial charge in [0.05, 0.1) is 9.71 Å². The summed E-state index contributed by atoms with van der Waals surface area (Å²) in [4.78, 5) is 41.1. The molecule has 2 aromatic carbocycles. The fourth-order valence-electron chi connectivity index (χ4n) is 3.31. The summed E-state index contributed by atoms with van der Waals surface area (Å²) in [7, 11) is 0. The van der Waals surface area contributed by atoms with Gasteiger partial charge in [0.1, 0.15) is 12.2 Å². The molecule has 2 aromatic heterocycles. The molecule has 8 nitrogen and oxygen atoms in total. The van der Waals surface area contributed by atoms with Crippen LogP contribution in [0.15, 0.2) is 53.3 Å². The Bertz CT molecular complexity index is 1370. The minimum atomic E-state index is -0.551. The normalized spacial score (nSPS) is 10.9. The van der Waals surface area contributed by atoms with E-state index in [1.54, 1.807) is 12.1 Å². The van der Waals surface area contributed by atoms with Crippen molar-refractivity contribution in [1.82, 2.24) is 14.8 Å². The standard InChI is InChI=1S/C23H21N5O3S/c1-3-14-4-6-15(7-5-14)19-21-20(25-13(2)32-21)23(31)28(27-19)12-18(29)26-17-10-8-16(9-11-17)22(24)30/h4-11H,3,12H2,1-2H3,(H2,24,30)(H,26,29). The molecular formula is C23H21N5O3S. The van der Waals surface area contributed by atoms with Gasteiger partial charge in [0.25, 0.3) is 5.56 Å². The highest BCUT2D eigenvalue weighted by Gasteiger charge is 2.18. The molecule has 0 radical (unpaired) electrons. The van der Waals surface area contributed by atoms with Gasteiger partial charge in [0.15, 0.2) is 5.52 Å². The van der Waals surface area contributed by atoms with E-state index in [1.807, 2.05) is 31.2 Å². The zero-order valence-electron chi connectivity index (χ0n) is 17.6. The van der Waals surface area contributed by atoms with Gasteiger partial charge in [-0.25, -0.2) is 9.67 Å². The first-order valence-corrected chi connectivity index (χ1v) is 10.8. The first-order valence-electron chi connectivity index (χ1n) is 10.0. The van der Waals surface area contributed by atoms with Crippen LogP contribution < -0.4 is 16.6 Å². The van der Waals surface area contributed by atoms with E-state index in [1.165, 1.54) is 29.0 Å². The zero-order chi connectivity index (χ0) is 22.8. The molecule has 0 saturated heterocycles. The number of benzene rings is 2. The van der Waals surface area contributed by atoms with Gasteiger partial charge in [-0.3, -0.25) is 14.4 Å². The fourth-order valence-corrected chi connectivity index (χ4v) is 4.23. The predicted octanol–water partition coefficient (Wildman–Crippen LogP) is 3.13. The molecule has 0 bridgehead atoms. The van der Waals surface area contributed by atoms with Crippen LogP contribution in [0, 0.1) is 6.92 Å². The van der Waals surface area contributed by atoms with Crippen LogP contribution in [0.5, 0.6) is 0 Å². The second kappa shape index (κ2) is 8.72. The lowest BCUT2D eigenvalue weighted by molar-refractivity contribution is -0.117. The third kappa shape index (κ3) is 4.28. The van der Waals surface area contributed by atoms with E-state index >= 15 is 0 Å². The summed E-state index contributed by atoms with van der Waals surface area (Å²) >= 11 is 1.41. The Hall–Kier alpha value is -3.85. The Morgan fingerprint density at radius 2 is 1.78 bits per heavy atom. The molecule has 0 aliphatic rings. The topological polar surface area (TPSA) is 120 Å². The molecule has 0 aliphatic carbocycles. The van der Waals surface area contributed by atoms with Crippen LogP contribution in [0.1, 0.15) is 27.9 Å². The van der Waals surface area contributed by atoms with E-state index in [0.717, 1.165) is 21.7 Å². The molecule has 4 rings (SSSR count). The highest BCUT2D eigenvalue weighted by Crippen LogP contribution is 2.29. The first-order chi connectivity index (χ1) is 15.4. The Morgan fingerprint density at radius 1 is 1.09 bits per heavy atom. The number of rotatable bonds is 6. The number of hydrogen-bond donors (Lipinski definition) is 2. The number of amides is 2. The van der Waals surface area contributed by atoms with Crippen LogP contribution in [0.3, 0.4) is 0 Å². The second-order valence-corrected chi connectivity index (χ2v) is 8.47. The lowest BCUT2D eigenvalue weighted by atomic mass is 10.1. The van der Waals surface area contributed by atoms with E-state index in [0.29, 0.717) is 27.2 Å². The Balaban J connectivity index is 1.67. The molecular weight excluding hydrogens is 426 g/mol. The largest absolute Gasteiger partial charge is 0.366 e. The summed E-state index contributed by atoms with van der Waals surface area (Å²) in [6, 6.07) is 14.2. The molecule has 9 heteroatoms. The number of hydrogen-bond acceptors (Lipinski definition) is 6. The van der Waals surface area contributed by atoms with Gasteiger partial charge < -0.3 is 11.1 Å². The number of thiazole rings is 1. The van der Waals surface area contributed by atoms with Crippen molar-refractivity contribution in [3.05, 3.63) is 75.0 Å².